The van der Waals surface area contributed by atoms with E-state index in [0.29, 0.717) is 22.8 Å². The van der Waals surface area contributed by atoms with Crippen LogP contribution in [0.15, 0.2) is 42.5 Å². The molecule has 0 saturated carbocycles. The summed E-state index contributed by atoms with van der Waals surface area (Å²) >= 11 is 6.01. The van der Waals surface area contributed by atoms with Gasteiger partial charge in [0.1, 0.15) is 5.75 Å². The molecule has 1 aliphatic rings. The fourth-order valence-corrected chi connectivity index (χ4v) is 4.00. The molecule has 2 aromatic carbocycles. The second kappa shape index (κ2) is 8.09. The third-order valence-electron chi connectivity index (χ3n) is 4.25. The lowest BCUT2D eigenvalue weighted by atomic mass is 10.1. The zero-order chi connectivity index (χ0) is 20.3. The summed E-state index contributed by atoms with van der Waals surface area (Å²) in [4.78, 5) is 12.7. The van der Waals surface area contributed by atoms with Crippen molar-refractivity contribution < 1.29 is 17.9 Å². The van der Waals surface area contributed by atoms with Gasteiger partial charge in [0, 0.05) is 23.7 Å². The first-order chi connectivity index (χ1) is 13.3. The number of sulfonamides is 1. The molecule has 0 radical (unpaired) electrons. The third kappa shape index (κ3) is 4.55. The lowest BCUT2D eigenvalue weighted by Gasteiger charge is -2.21. The number of nitrogens with one attached hydrogen (secondary N) is 1. The lowest BCUT2D eigenvalue weighted by Crippen LogP contribution is -2.35. The molecule has 1 atom stereocenters. The Morgan fingerprint density at radius 1 is 1.32 bits per heavy atom. The molecular weight excluding hydrogens is 402 g/mol. The smallest absolute Gasteiger partial charge is 0.265 e. The second-order valence-electron chi connectivity index (χ2n) is 6.36. The number of hydrogen-bond donors (Lipinski definition) is 1. The van der Waals surface area contributed by atoms with Crippen LogP contribution in [0.1, 0.15) is 12.0 Å². The summed E-state index contributed by atoms with van der Waals surface area (Å²) in [6.45, 7) is 0.0887. The minimum Gasteiger partial charge on any atom is -0.478 e. The minimum absolute atomic E-state index is 0.0887. The summed E-state index contributed by atoms with van der Waals surface area (Å²) < 4.78 is 31.3. The average Bonchev–Trinajstić information content (AvgIpc) is 2.82. The fourth-order valence-electron chi connectivity index (χ4n) is 2.90. The van der Waals surface area contributed by atoms with E-state index in [1.165, 1.54) is 10.4 Å². The lowest BCUT2D eigenvalue weighted by molar-refractivity contribution is -0.122. The standard InChI is InChI=1S/C19H18ClN3O4S/c1-28(25,26)23-11-9-18(27-17-7-4-14(20)12-16(17)23)19(24)22-15-5-2-13(3-6-15)8-10-21/h2-7,12,18H,8-9,11H2,1H3,(H,22,24)/t18-/m0/s1. The normalized spacial score (nSPS) is 16.3. The summed E-state index contributed by atoms with van der Waals surface area (Å²) in [5, 5.41) is 11.9. The van der Waals surface area contributed by atoms with Gasteiger partial charge in [-0.15, -0.1) is 0 Å². The van der Waals surface area contributed by atoms with E-state index >= 15 is 0 Å². The van der Waals surface area contributed by atoms with Gasteiger partial charge >= 0.3 is 0 Å². The Kier molecular flexibility index (Phi) is 5.77. The van der Waals surface area contributed by atoms with Crippen LogP contribution in [-0.4, -0.2) is 33.2 Å². The highest BCUT2D eigenvalue weighted by Gasteiger charge is 2.31. The molecule has 0 bridgehead atoms. The van der Waals surface area contributed by atoms with Gasteiger partial charge in [-0.1, -0.05) is 23.7 Å². The van der Waals surface area contributed by atoms with Crippen LogP contribution in [0.25, 0.3) is 0 Å². The Balaban J connectivity index is 1.81. The molecule has 0 saturated heterocycles. The van der Waals surface area contributed by atoms with Gasteiger partial charge in [0.15, 0.2) is 6.10 Å². The van der Waals surface area contributed by atoms with Crippen LogP contribution in [-0.2, 0) is 21.2 Å². The molecule has 0 unspecified atom stereocenters. The topological polar surface area (TPSA) is 99.5 Å². The Labute approximate surface area is 168 Å². The van der Waals surface area contributed by atoms with Crippen molar-refractivity contribution in [1.29, 1.82) is 5.26 Å². The summed E-state index contributed by atoms with van der Waals surface area (Å²) in [6, 6.07) is 13.6. The number of benzene rings is 2. The Morgan fingerprint density at radius 3 is 2.68 bits per heavy atom. The van der Waals surface area contributed by atoms with Crippen LogP contribution in [0, 0.1) is 11.3 Å². The molecule has 3 rings (SSSR count). The molecule has 7 nitrogen and oxygen atoms in total. The summed E-state index contributed by atoms with van der Waals surface area (Å²) in [5.74, 6) is -0.110. The van der Waals surface area contributed by atoms with Gasteiger partial charge in [0.2, 0.25) is 10.0 Å². The highest BCUT2D eigenvalue weighted by molar-refractivity contribution is 7.92. The molecular formula is C19H18ClN3O4S. The minimum atomic E-state index is -3.56. The fraction of sp³-hybridized carbons (Fsp3) is 0.263. The van der Waals surface area contributed by atoms with Crippen LogP contribution >= 0.6 is 11.6 Å². The average molecular weight is 420 g/mol. The number of carbonyl (C=O) groups excluding carboxylic acids is 1. The number of carbonyl (C=O) groups is 1. The van der Waals surface area contributed by atoms with Crippen molar-refractivity contribution in [3.05, 3.63) is 53.1 Å². The van der Waals surface area contributed by atoms with Crippen LogP contribution in [0.3, 0.4) is 0 Å². The number of amides is 1. The number of ether oxygens (including phenoxy) is 1. The summed E-state index contributed by atoms with van der Waals surface area (Å²) in [5.41, 5.74) is 1.72. The Morgan fingerprint density at radius 2 is 2.04 bits per heavy atom. The maximum absolute atomic E-state index is 12.7. The van der Waals surface area contributed by atoms with Gasteiger partial charge in [0.25, 0.3) is 5.91 Å². The quantitative estimate of drug-likeness (QED) is 0.821. The first-order valence-electron chi connectivity index (χ1n) is 8.48. The van der Waals surface area contributed by atoms with Crippen molar-refractivity contribution >= 4 is 38.9 Å². The van der Waals surface area contributed by atoms with Gasteiger partial charge in [-0.05, 0) is 35.9 Å². The van der Waals surface area contributed by atoms with E-state index in [1.807, 2.05) is 0 Å². The van der Waals surface area contributed by atoms with Crippen molar-refractivity contribution in [1.82, 2.24) is 0 Å². The summed E-state index contributed by atoms with van der Waals surface area (Å²) in [6.07, 6.45) is 0.699. The van der Waals surface area contributed by atoms with E-state index in [2.05, 4.69) is 11.4 Å². The van der Waals surface area contributed by atoms with E-state index in [0.717, 1.165) is 11.8 Å². The highest BCUT2D eigenvalue weighted by Crippen LogP contribution is 2.36. The molecule has 0 fully saturated rings. The van der Waals surface area contributed by atoms with E-state index < -0.39 is 16.1 Å². The van der Waals surface area contributed by atoms with E-state index in [4.69, 9.17) is 21.6 Å². The van der Waals surface area contributed by atoms with Crippen LogP contribution in [0.2, 0.25) is 5.02 Å². The molecule has 9 heteroatoms. The van der Waals surface area contributed by atoms with Crippen LogP contribution in [0.4, 0.5) is 11.4 Å². The largest absolute Gasteiger partial charge is 0.478 e. The van der Waals surface area contributed by atoms with E-state index in [-0.39, 0.29) is 24.6 Å². The van der Waals surface area contributed by atoms with E-state index in [1.54, 1.807) is 36.4 Å². The highest BCUT2D eigenvalue weighted by atomic mass is 35.5. The van der Waals surface area contributed by atoms with Gasteiger partial charge in [-0.25, -0.2) is 8.42 Å². The van der Waals surface area contributed by atoms with Crippen molar-refractivity contribution in [3.63, 3.8) is 0 Å². The number of rotatable bonds is 4. The molecule has 2 aromatic rings. The zero-order valence-electron chi connectivity index (χ0n) is 15.1. The summed E-state index contributed by atoms with van der Waals surface area (Å²) in [7, 11) is -3.56. The predicted molar refractivity (Wildman–Crippen MR) is 107 cm³/mol. The third-order valence-corrected chi connectivity index (χ3v) is 5.67. The molecule has 1 amide bonds. The predicted octanol–water partition coefficient (Wildman–Crippen LogP) is 2.96. The number of nitrogens with zero attached hydrogens (tertiary/aromatic N) is 2. The van der Waals surface area contributed by atoms with Gasteiger partial charge in [-0.3, -0.25) is 9.10 Å². The first kappa shape index (κ1) is 20.0. The van der Waals surface area contributed by atoms with Crippen molar-refractivity contribution in [2.75, 3.05) is 22.4 Å². The molecule has 28 heavy (non-hydrogen) atoms. The molecule has 0 spiro atoms. The molecule has 0 aromatic heterocycles. The maximum atomic E-state index is 12.7. The van der Waals surface area contributed by atoms with Crippen molar-refractivity contribution in [2.45, 2.75) is 18.9 Å². The van der Waals surface area contributed by atoms with Crippen LogP contribution < -0.4 is 14.4 Å². The number of fused-ring (bicyclic) bond motifs is 1. The van der Waals surface area contributed by atoms with Crippen LogP contribution in [0.5, 0.6) is 5.75 Å². The SMILES string of the molecule is CS(=O)(=O)N1CC[C@@H](C(=O)Nc2ccc(CC#N)cc2)Oc2ccc(Cl)cc21. The number of nitriles is 1. The molecule has 146 valence electrons. The van der Waals surface area contributed by atoms with Crippen molar-refractivity contribution in [3.8, 4) is 11.8 Å². The number of hydrogen-bond acceptors (Lipinski definition) is 5. The zero-order valence-corrected chi connectivity index (χ0v) is 16.6. The molecule has 1 N–H and O–H groups in total. The second-order valence-corrected chi connectivity index (χ2v) is 8.71. The first-order valence-corrected chi connectivity index (χ1v) is 10.7. The van der Waals surface area contributed by atoms with E-state index in [9.17, 15) is 13.2 Å². The maximum Gasteiger partial charge on any atom is 0.265 e. The Hall–Kier alpha value is -2.76. The monoisotopic (exact) mass is 419 g/mol. The number of anilines is 2. The molecule has 1 heterocycles. The van der Waals surface area contributed by atoms with Crippen molar-refractivity contribution in [2.24, 2.45) is 0 Å². The van der Waals surface area contributed by atoms with Gasteiger partial charge in [-0.2, -0.15) is 5.26 Å². The molecule has 0 aliphatic carbocycles. The van der Waals surface area contributed by atoms with Gasteiger partial charge < -0.3 is 10.1 Å². The molecule has 1 aliphatic heterocycles. The van der Waals surface area contributed by atoms with Gasteiger partial charge in [0.05, 0.1) is 24.4 Å². The number of halogens is 1. The Bertz CT molecular complexity index is 1030.